The van der Waals surface area contributed by atoms with Crippen molar-refractivity contribution in [3.8, 4) is 0 Å². The number of carbonyl (C=O) groups excluding carboxylic acids is 1. The van der Waals surface area contributed by atoms with Crippen LogP contribution in [0.5, 0.6) is 0 Å². The van der Waals surface area contributed by atoms with Crippen LogP contribution < -0.4 is 0 Å². The largest absolute Gasteiger partial charge is 0.338 e. The van der Waals surface area contributed by atoms with E-state index in [-0.39, 0.29) is 17.4 Å². The Morgan fingerprint density at radius 1 is 1.57 bits per heavy atom. The van der Waals surface area contributed by atoms with Gasteiger partial charge in [0.25, 0.3) is 0 Å². The second-order valence-corrected chi connectivity index (χ2v) is 4.99. The maximum Gasteiger partial charge on any atom is 0.228 e. The Balaban J connectivity index is 2.69. The lowest BCUT2D eigenvalue weighted by Crippen LogP contribution is -2.44. The van der Waals surface area contributed by atoms with Crippen LogP contribution in [0.1, 0.15) is 40.0 Å². The molecule has 0 N–H and O–H groups in total. The molecule has 0 spiro atoms. The van der Waals surface area contributed by atoms with Gasteiger partial charge in [-0.3, -0.25) is 4.79 Å². The number of alkyl halides is 1. The van der Waals surface area contributed by atoms with Crippen LogP contribution in [0.25, 0.3) is 0 Å². The predicted molar refractivity (Wildman–Crippen MR) is 59.5 cm³/mol. The minimum absolute atomic E-state index is 0.228. The van der Waals surface area contributed by atoms with Crippen LogP contribution in [0, 0.1) is 5.41 Å². The lowest BCUT2D eigenvalue weighted by molar-refractivity contribution is -0.141. The maximum absolute atomic E-state index is 12.1. The summed E-state index contributed by atoms with van der Waals surface area (Å²) in [5.41, 5.74) is -0.228. The topological polar surface area (TPSA) is 20.3 Å². The average molecular weight is 218 g/mol. The van der Waals surface area contributed by atoms with Crippen molar-refractivity contribution in [2.45, 2.75) is 46.1 Å². The summed E-state index contributed by atoms with van der Waals surface area (Å²) in [5, 5.41) is 0. The minimum atomic E-state index is -0.228. The smallest absolute Gasteiger partial charge is 0.228 e. The molecule has 1 aliphatic heterocycles. The molecule has 2 nitrogen and oxygen atoms in total. The molecule has 1 amide bonds. The summed E-state index contributed by atoms with van der Waals surface area (Å²) in [6.07, 6.45) is 3.05. The van der Waals surface area contributed by atoms with Gasteiger partial charge in [-0.15, -0.1) is 11.6 Å². The quantitative estimate of drug-likeness (QED) is 0.666. The third-order valence-electron chi connectivity index (χ3n) is 3.28. The summed E-state index contributed by atoms with van der Waals surface area (Å²) in [4.78, 5) is 14.1. The van der Waals surface area contributed by atoms with Gasteiger partial charge in [0.1, 0.15) is 0 Å². The fourth-order valence-corrected chi connectivity index (χ4v) is 2.12. The molecule has 0 aliphatic carbocycles. The van der Waals surface area contributed by atoms with E-state index in [1.807, 2.05) is 18.7 Å². The summed E-state index contributed by atoms with van der Waals surface area (Å²) < 4.78 is 0. The fourth-order valence-electron chi connectivity index (χ4n) is 1.80. The zero-order chi connectivity index (χ0) is 10.8. The summed E-state index contributed by atoms with van der Waals surface area (Å²) in [7, 11) is 0. The number of nitrogens with zero attached hydrogens (tertiary/aromatic N) is 1. The fraction of sp³-hybridized carbons (Fsp3) is 0.909. The van der Waals surface area contributed by atoms with Gasteiger partial charge in [0.05, 0.1) is 0 Å². The first kappa shape index (κ1) is 11.8. The standard InChI is InChI=1S/C11H20ClNO/c1-4-11(2,3)10(14)13-7-5-6-9(13)8-12/h9H,4-8H2,1-3H3. The number of amides is 1. The molecule has 0 bridgehead atoms. The van der Waals surface area contributed by atoms with E-state index in [0.717, 1.165) is 25.8 Å². The van der Waals surface area contributed by atoms with Crippen LogP contribution in [0.3, 0.4) is 0 Å². The predicted octanol–water partition coefficient (Wildman–Crippen LogP) is 2.65. The van der Waals surface area contributed by atoms with E-state index in [0.29, 0.717) is 5.88 Å². The molecular formula is C11H20ClNO. The first-order chi connectivity index (χ1) is 6.53. The van der Waals surface area contributed by atoms with E-state index in [9.17, 15) is 4.79 Å². The Kier molecular flexibility index (Phi) is 3.82. The van der Waals surface area contributed by atoms with Gasteiger partial charge in [-0.2, -0.15) is 0 Å². The normalized spacial score (nSPS) is 22.9. The third kappa shape index (κ3) is 2.22. The second-order valence-electron chi connectivity index (χ2n) is 4.69. The molecule has 1 heterocycles. The Morgan fingerprint density at radius 3 is 2.71 bits per heavy atom. The number of carbonyl (C=O) groups is 1. The van der Waals surface area contributed by atoms with Crippen molar-refractivity contribution >= 4 is 17.5 Å². The molecule has 14 heavy (non-hydrogen) atoms. The van der Waals surface area contributed by atoms with E-state index in [4.69, 9.17) is 11.6 Å². The monoisotopic (exact) mass is 217 g/mol. The molecule has 0 saturated carbocycles. The zero-order valence-corrected chi connectivity index (χ0v) is 10.1. The van der Waals surface area contributed by atoms with Crippen LogP contribution in [-0.4, -0.2) is 29.3 Å². The van der Waals surface area contributed by atoms with Crippen LogP contribution >= 0.6 is 11.6 Å². The van der Waals surface area contributed by atoms with Crippen molar-refractivity contribution in [3.63, 3.8) is 0 Å². The van der Waals surface area contributed by atoms with Gasteiger partial charge < -0.3 is 4.90 Å². The molecular weight excluding hydrogens is 198 g/mol. The summed E-state index contributed by atoms with van der Waals surface area (Å²) >= 11 is 5.85. The van der Waals surface area contributed by atoms with Crippen molar-refractivity contribution in [3.05, 3.63) is 0 Å². The van der Waals surface area contributed by atoms with Crippen molar-refractivity contribution in [2.75, 3.05) is 12.4 Å². The van der Waals surface area contributed by atoms with E-state index < -0.39 is 0 Å². The van der Waals surface area contributed by atoms with E-state index in [2.05, 4.69) is 6.92 Å². The second kappa shape index (κ2) is 4.52. The molecule has 1 unspecified atom stereocenters. The molecule has 1 fully saturated rings. The van der Waals surface area contributed by atoms with Gasteiger partial charge >= 0.3 is 0 Å². The van der Waals surface area contributed by atoms with Crippen molar-refractivity contribution < 1.29 is 4.79 Å². The minimum Gasteiger partial charge on any atom is -0.338 e. The van der Waals surface area contributed by atoms with Gasteiger partial charge in [-0.05, 0) is 19.3 Å². The molecule has 0 aromatic rings. The number of rotatable bonds is 3. The van der Waals surface area contributed by atoms with Crippen molar-refractivity contribution in [2.24, 2.45) is 5.41 Å². The highest BCUT2D eigenvalue weighted by molar-refractivity contribution is 6.18. The Bertz CT molecular complexity index is 215. The molecule has 0 radical (unpaired) electrons. The molecule has 1 aliphatic rings. The van der Waals surface area contributed by atoms with Crippen LogP contribution in [0.2, 0.25) is 0 Å². The van der Waals surface area contributed by atoms with Crippen molar-refractivity contribution in [1.29, 1.82) is 0 Å². The van der Waals surface area contributed by atoms with Gasteiger partial charge in [0.2, 0.25) is 5.91 Å². The molecule has 1 saturated heterocycles. The first-order valence-electron chi connectivity index (χ1n) is 5.40. The maximum atomic E-state index is 12.1. The highest BCUT2D eigenvalue weighted by Gasteiger charge is 2.35. The molecule has 1 atom stereocenters. The SMILES string of the molecule is CCC(C)(C)C(=O)N1CCCC1CCl. The summed E-state index contributed by atoms with van der Waals surface area (Å²) in [6.45, 7) is 6.97. The molecule has 0 aromatic heterocycles. The van der Waals surface area contributed by atoms with Crippen LogP contribution in [0.15, 0.2) is 0 Å². The summed E-state index contributed by atoms with van der Waals surface area (Å²) in [6, 6.07) is 0.273. The number of hydrogen-bond acceptors (Lipinski definition) is 1. The van der Waals surface area contributed by atoms with Crippen LogP contribution in [-0.2, 0) is 4.79 Å². The van der Waals surface area contributed by atoms with Crippen LogP contribution in [0.4, 0.5) is 0 Å². The van der Waals surface area contributed by atoms with Crippen molar-refractivity contribution in [1.82, 2.24) is 4.90 Å². The Morgan fingerprint density at radius 2 is 2.21 bits per heavy atom. The molecule has 82 valence electrons. The van der Waals surface area contributed by atoms with Gasteiger partial charge in [-0.1, -0.05) is 20.8 Å². The zero-order valence-electron chi connectivity index (χ0n) is 9.35. The summed E-state index contributed by atoms with van der Waals surface area (Å²) in [5.74, 6) is 0.842. The van der Waals surface area contributed by atoms with Gasteiger partial charge in [-0.25, -0.2) is 0 Å². The third-order valence-corrected chi connectivity index (χ3v) is 3.64. The molecule has 3 heteroatoms. The van der Waals surface area contributed by atoms with Gasteiger partial charge in [0, 0.05) is 23.9 Å². The molecule has 0 aromatic carbocycles. The van der Waals surface area contributed by atoms with Gasteiger partial charge in [0.15, 0.2) is 0 Å². The van der Waals surface area contributed by atoms with E-state index in [1.165, 1.54) is 0 Å². The Hall–Kier alpha value is -0.240. The Labute approximate surface area is 91.6 Å². The average Bonchev–Trinajstić information content (AvgIpc) is 2.64. The lowest BCUT2D eigenvalue weighted by Gasteiger charge is -2.31. The number of likely N-dealkylation sites (tertiary alicyclic amines) is 1. The molecule has 1 rings (SSSR count). The number of hydrogen-bond donors (Lipinski definition) is 0. The highest BCUT2D eigenvalue weighted by atomic mass is 35.5. The number of halogens is 1. The first-order valence-corrected chi connectivity index (χ1v) is 5.93. The highest BCUT2D eigenvalue weighted by Crippen LogP contribution is 2.28. The van der Waals surface area contributed by atoms with E-state index in [1.54, 1.807) is 0 Å². The van der Waals surface area contributed by atoms with E-state index >= 15 is 0 Å². The lowest BCUT2D eigenvalue weighted by atomic mass is 9.88.